The van der Waals surface area contributed by atoms with Gasteiger partial charge in [-0.3, -0.25) is 10.1 Å². The number of hydrogen-bond acceptors (Lipinski definition) is 4. The number of nitrogens with one attached hydrogen (secondary N) is 1. The Kier molecular flexibility index (Phi) is 3.83. The van der Waals surface area contributed by atoms with Gasteiger partial charge in [-0.25, -0.2) is 0 Å². The van der Waals surface area contributed by atoms with Crippen LogP contribution in [0.1, 0.15) is 12.8 Å². The van der Waals surface area contributed by atoms with Crippen LogP contribution in [0.25, 0.3) is 0 Å². The average molecular weight is 256 g/mol. The molecule has 1 atom stereocenters. The third-order valence-corrected chi connectivity index (χ3v) is 3.90. The lowest BCUT2D eigenvalue weighted by Crippen LogP contribution is -2.26. The Labute approximate surface area is 103 Å². The zero-order chi connectivity index (χ0) is 12.3. The summed E-state index contributed by atoms with van der Waals surface area (Å²) in [4.78, 5) is 10.1. The van der Waals surface area contributed by atoms with Crippen molar-refractivity contribution in [3.63, 3.8) is 0 Å². The number of hydrogen-bond donors (Lipinski definition) is 1. The van der Waals surface area contributed by atoms with Crippen LogP contribution in [0.15, 0.2) is 18.2 Å². The van der Waals surface area contributed by atoms with E-state index in [2.05, 4.69) is 5.32 Å². The predicted octanol–water partition coefficient (Wildman–Crippen LogP) is 3.04. The monoisotopic (exact) mass is 256 g/mol. The highest BCUT2D eigenvalue weighted by Gasteiger charge is 2.22. The van der Waals surface area contributed by atoms with Gasteiger partial charge in [0.25, 0.3) is 0 Å². The molecule has 0 amide bonds. The minimum Gasteiger partial charge on any atom is -0.376 e. The number of thioether (sulfide) groups is 1. The number of para-hydroxylation sites is 1. The number of anilines is 1. The number of benzene rings is 1. The minimum atomic E-state index is -0.788. The Bertz CT molecular complexity index is 422. The summed E-state index contributed by atoms with van der Waals surface area (Å²) in [6.45, 7) is 0. The molecule has 0 bridgehead atoms. The van der Waals surface area contributed by atoms with E-state index in [-0.39, 0.29) is 11.7 Å². The molecule has 1 aromatic carbocycles. The highest BCUT2D eigenvalue weighted by atomic mass is 32.2. The van der Waals surface area contributed by atoms with E-state index >= 15 is 0 Å². The van der Waals surface area contributed by atoms with E-state index in [0.717, 1.165) is 30.4 Å². The Balaban J connectivity index is 2.19. The third-order valence-electron chi connectivity index (χ3n) is 2.69. The molecule has 1 aliphatic heterocycles. The Morgan fingerprint density at radius 3 is 3.00 bits per heavy atom. The molecule has 0 spiro atoms. The summed E-state index contributed by atoms with van der Waals surface area (Å²) in [6, 6.07) is 4.34. The highest BCUT2D eigenvalue weighted by Crippen LogP contribution is 2.29. The molecule has 1 N–H and O–H groups in total. The summed E-state index contributed by atoms with van der Waals surface area (Å²) in [5.41, 5.74) is -0.175. The fourth-order valence-electron chi connectivity index (χ4n) is 1.89. The summed E-state index contributed by atoms with van der Waals surface area (Å²) in [7, 11) is 0. The second kappa shape index (κ2) is 5.35. The summed E-state index contributed by atoms with van der Waals surface area (Å²) >= 11 is 1.81. The molecule has 4 nitrogen and oxygen atoms in total. The largest absolute Gasteiger partial charge is 0.376 e. The fraction of sp³-hybridized carbons (Fsp3) is 0.455. The van der Waals surface area contributed by atoms with Crippen molar-refractivity contribution in [3.8, 4) is 0 Å². The number of nitrogens with zero attached hydrogens (tertiary/aromatic N) is 1. The first-order chi connectivity index (χ1) is 8.18. The van der Waals surface area contributed by atoms with E-state index in [1.807, 2.05) is 11.8 Å². The van der Waals surface area contributed by atoms with Gasteiger partial charge in [0.05, 0.1) is 4.92 Å². The lowest BCUT2D eigenvalue weighted by atomic mass is 10.1. The smallest absolute Gasteiger partial charge is 0.327 e. The number of halogens is 1. The predicted molar refractivity (Wildman–Crippen MR) is 67.0 cm³/mol. The Morgan fingerprint density at radius 2 is 2.35 bits per heavy atom. The van der Waals surface area contributed by atoms with Crippen LogP contribution in [0.2, 0.25) is 0 Å². The van der Waals surface area contributed by atoms with Gasteiger partial charge in [-0.15, -0.1) is 0 Å². The molecule has 0 saturated carbocycles. The van der Waals surface area contributed by atoms with Gasteiger partial charge in [-0.05, 0) is 30.7 Å². The standard InChI is InChI=1S/C11H13FN2O2S/c12-9-4-1-5-10(11(9)14(15)16)13-8-3-2-6-17-7-8/h1,4-5,8,13H,2-3,6-7H2. The molecular weight excluding hydrogens is 243 g/mol. The SMILES string of the molecule is O=[N+]([O-])c1c(F)cccc1NC1CCCSC1. The molecule has 1 aromatic rings. The van der Waals surface area contributed by atoms with Gasteiger partial charge in [0, 0.05) is 11.8 Å². The third kappa shape index (κ3) is 2.88. The highest BCUT2D eigenvalue weighted by molar-refractivity contribution is 7.99. The van der Waals surface area contributed by atoms with Crippen LogP contribution in [-0.4, -0.2) is 22.5 Å². The minimum absolute atomic E-state index is 0.189. The molecule has 0 aliphatic carbocycles. The number of nitro benzene ring substituents is 1. The van der Waals surface area contributed by atoms with E-state index in [9.17, 15) is 14.5 Å². The number of rotatable bonds is 3. The Morgan fingerprint density at radius 1 is 1.53 bits per heavy atom. The van der Waals surface area contributed by atoms with E-state index in [1.165, 1.54) is 6.07 Å². The van der Waals surface area contributed by atoms with Crippen LogP contribution in [0.5, 0.6) is 0 Å². The maximum atomic E-state index is 13.4. The Hall–Kier alpha value is -1.30. The maximum absolute atomic E-state index is 13.4. The van der Waals surface area contributed by atoms with Crippen LogP contribution in [0.4, 0.5) is 15.8 Å². The van der Waals surface area contributed by atoms with Crippen LogP contribution in [0.3, 0.4) is 0 Å². The molecule has 92 valence electrons. The second-order valence-electron chi connectivity index (χ2n) is 3.95. The van der Waals surface area contributed by atoms with Gasteiger partial charge in [-0.1, -0.05) is 6.07 Å². The van der Waals surface area contributed by atoms with Gasteiger partial charge in [0.2, 0.25) is 5.82 Å². The lowest BCUT2D eigenvalue weighted by Gasteiger charge is -2.23. The molecule has 17 heavy (non-hydrogen) atoms. The van der Waals surface area contributed by atoms with Crippen molar-refractivity contribution in [2.45, 2.75) is 18.9 Å². The molecule has 6 heteroatoms. The van der Waals surface area contributed by atoms with Crippen LogP contribution < -0.4 is 5.32 Å². The topological polar surface area (TPSA) is 55.2 Å². The molecule has 1 unspecified atom stereocenters. The van der Waals surface area contributed by atoms with Crippen molar-refractivity contribution in [1.82, 2.24) is 0 Å². The first-order valence-electron chi connectivity index (χ1n) is 5.45. The van der Waals surface area contributed by atoms with E-state index < -0.39 is 16.4 Å². The van der Waals surface area contributed by atoms with Crippen molar-refractivity contribution in [2.75, 3.05) is 16.8 Å². The molecule has 1 fully saturated rings. The molecular formula is C11H13FN2O2S. The fourth-order valence-corrected chi connectivity index (χ4v) is 2.96. The second-order valence-corrected chi connectivity index (χ2v) is 5.10. The quantitative estimate of drug-likeness (QED) is 0.667. The van der Waals surface area contributed by atoms with E-state index in [1.54, 1.807) is 6.07 Å². The van der Waals surface area contributed by atoms with Gasteiger partial charge < -0.3 is 5.32 Å². The van der Waals surface area contributed by atoms with Crippen LogP contribution in [-0.2, 0) is 0 Å². The summed E-state index contributed by atoms with van der Waals surface area (Å²) in [6.07, 6.45) is 2.06. The lowest BCUT2D eigenvalue weighted by molar-refractivity contribution is -0.386. The first kappa shape index (κ1) is 12.2. The zero-order valence-corrected chi connectivity index (χ0v) is 10.0. The normalized spacial score (nSPS) is 19.9. The molecule has 1 saturated heterocycles. The summed E-state index contributed by atoms with van der Waals surface area (Å²) in [5, 5.41) is 13.9. The molecule has 0 aromatic heterocycles. The van der Waals surface area contributed by atoms with Gasteiger partial charge >= 0.3 is 5.69 Å². The molecule has 0 radical (unpaired) electrons. The van der Waals surface area contributed by atoms with Gasteiger partial charge in [0.15, 0.2) is 0 Å². The van der Waals surface area contributed by atoms with Crippen molar-refractivity contribution in [3.05, 3.63) is 34.1 Å². The van der Waals surface area contributed by atoms with Gasteiger partial charge in [-0.2, -0.15) is 16.2 Å². The van der Waals surface area contributed by atoms with Crippen molar-refractivity contribution in [2.24, 2.45) is 0 Å². The first-order valence-corrected chi connectivity index (χ1v) is 6.61. The molecule has 1 heterocycles. The zero-order valence-electron chi connectivity index (χ0n) is 9.19. The van der Waals surface area contributed by atoms with Gasteiger partial charge in [0.1, 0.15) is 5.69 Å². The number of nitro groups is 1. The maximum Gasteiger partial charge on any atom is 0.327 e. The van der Waals surface area contributed by atoms with E-state index in [0.29, 0.717) is 0 Å². The average Bonchev–Trinajstić information content (AvgIpc) is 2.30. The van der Waals surface area contributed by atoms with Crippen LogP contribution >= 0.6 is 11.8 Å². The summed E-state index contributed by atoms with van der Waals surface area (Å²) < 4.78 is 13.4. The van der Waals surface area contributed by atoms with Crippen molar-refractivity contribution in [1.29, 1.82) is 0 Å². The van der Waals surface area contributed by atoms with Crippen molar-refractivity contribution >= 4 is 23.1 Å². The molecule has 2 rings (SSSR count). The van der Waals surface area contributed by atoms with E-state index in [4.69, 9.17) is 0 Å². The van der Waals surface area contributed by atoms with Crippen molar-refractivity contribution < 1.29 is 9.31 Å². The summed E-state index contributed by atoms with van der Waals surface area (Å²) in [5.74, 6) is 1.25. The van der Waals surface area contributed by atoms with Crippen LogP contribution in [0, 0.1) is 15.9 Å². The molecule has 1 aliphatic rings.